The smallest absolute Gasteiger partial charge is 0.231 e. The van der Waals surface area contributed by atoms with Crippen LogP contribution in [0.1, 0.15) is 17.4 Å². The van der Waals surface area contributed by atoms with E-state index in [4.69, 9.17) is 9.47 Å². The molecule has 92 valence electrons. The van der Waals surface area contributed by atoms with E-state index in [2.05, 4.69) is 0 Å². The number of rotatable bonds is 1. The van der Waals surface area contributed by atoms with Crippen LogP contribution in [-0.2, 0) is 6.42 Å². The number of hydrogen-bond donors (Lipinski definition) is 1. The molecule has 5 heteroatoms. The Morgan fingerprint density at radius 3 is 3.06 bits per heavy atom. The average Bonchev–Trinajstić information content (AvgIpc) is 2.79. The molecule has 0 radical (unpaired) electrons. The molecule has 2 heterocycles. The number of ether oxygens (including phenoxy) is 2. The molecule has 0 spiro atoms. The maximum Gasteiger partial charge on any atom is 0.231 e. The van der Waals surface area contributed by atoms with Gasteiger partial charge in [-0.25, -0.2) is 0 Å². The van der Waals surface area contributed by atoms with Crippen LogP contribution >= 0.6 is 11.8 Å². The number of thioether (sulfide) groups is 1. The van der Waals surface area contributed by atoms with Crippen molar-refractivity contribution in [2.45, 2.75) is 17.5 Å². The van der Waals surface area contributed by atoms with Crippen LogP contribution in [0.2, 0.25) is 0 Å². The first-order chi connectivity index (χ1) is 8.22. The van der Waals surface area contributed by atoms with Gasteiger partial charge in [0.1, 0.15) is 6.23 Å². The predicted octanol–water partition coefficient (Wildman–Crippen LogP) is 1.62. The summed E-state index contributed by atoms with van der Waals surface area (Å²) in [5, 5.41) is 10.3. The van der Waals surface area contributed by atoms with Crippen molar-refractivity contribution >= 4 is 11.8 Å². The summed E-state index contributed by atoms with van der Waals surface area (Å²) in [5.74, 6) is 1.59. The molecule has 3 rings (SSSR count). The van der Waals surface area contributed by atoms with Gasteiger partial charge in [0.05, 0.1) is 4.90 Å². The first-order valence-corrected chi connectivity index (χ1v) is 6.82. The molecule has 1 aromatic rings. The number of nitrogens with zero attached hydrogens (tertiary/aromatic N) is 1. The fraction of sp³-hybridized carbons (Fsp3) is 0.500. The summed E-state index contributed by atoms with van der Waals surface area (Å²) in [4.78, 5) is 2.96. The number of fused-ring (bicyclic) bond motifs is 2. The van der Waals surface area contributed by atoms with Crippen molar-refractivity contribution in [3.8, 4) is 11.5 Å². The third-order valence-corrected chi connectivity index (χ3v) is 4.17. The van der Waals surface area contributed by atoms with Crippen LogP contribution in [0.15, 0.2) is 11.0 Å². The van der Waals surface area contributed by atoms with E-state index < -0.39 is 6.23 Å². The molecule has 0 aliphatic carbocycles. The number of benzene rings is 1. The van der Waals surface area contributed by atoms with Crippen molar-refractivity contribution in [1.29, 1.82) is 0 Å². The maximum atomic E-state index is 10.3. The van der Waals surface area contributed by atoms with E-state index in [-0.39, 0.29) is 6.79 Å². The van der Waals surface area contributed by atoms with Gasteiger partial charge in [-0.15, -0.1) is 11.8 Å². The van der Waals surface area contributed by atoms with Gasteiger partial charge in [-0.1, -0.05) is 0 Å². The van der Waals surface area contributed by atoms with Gasteiger partial charge >= 0.3 is 0 Å². The largest absolute Gasteiger partial charge is 0.454 e. The summed E-state index contributed by atoms with van der Waals surface area (Å²) in [6, 6.07) is 2.01. The zero-order chi connectivity index (χ0) is 12.0. The molecule has 0 amide bonds. The number of aliphatic hydroxyl groups is 1. The lowest BCUT2D eigenvalue weighted by Crippen LogP contribution is -2.32. The molecule has 1 aromatic carbocycles. The normalized spacial score (nSPS) is 22.6. The van der Waals surface area contributed by atoms with Gasteiger partial charge in [-0.3, -0.25) is 4.90 Å². The third-order valence-electron chi connectivity index (χ3n) is 3.36. The topological polar surface area (TPSA) is 41.9 Å². The summed E-state index contributed by atoms with van der Waals surface area (Å²) in [6.07, 6.45) is 2.39. The molecule has 0 saturated carbocycles. The van der Waals surface area contributed by atoms with Crippen LogP contribution in [0, 0.1) is 0 Å². The molecule has 0 unspecified atom stereocenters. The Morgan fingerprint density at radius 1 is 1.47 bits per heavy atom. The van der Waals surface area contributed by atoms with Crippen molar-refractivity contribution in [2.75, 3.05) is 26.6 Å². The highest BCUT2D eigenvalue weighted by Crippen LogP contribution is 2.47. The maximum absolute atomic E-state index is 10.3. The third kappa shape index (κ3) is 1.61. The van der Waals surface area contributed by atoms with Gasteiger partial charge in [-0.05, 0) is 31.4 Å². The van der Waals surface area contributed by atoms with Crippen LogP contribution in [0.5, 0.6) is 11.5 Å². The van der Waals surface area contributed by atoms with Crippen molar-refractivity contribution in [1.82, 2.24) is 4.90 Å². The summed E-state index contributed by atoms with van der Waals surface area (Å²) in [5.41, 5.74) is 2.15. The highest BCUT2D eigenvalue weighted by atomic mass is 32.2. The number of hydrogen-bond acceptors (Lipinski definition) is 5. The minimum atomic E-state index is -0.546. The van der Waals surface area contributed by atoms with Gasteiger partial charge in [0.25, 0.3) is 0 Å². The minimum Gasteiger partial charge on any atom is -0.454 e. The molecular formula is C12H15NO3S. The zero-order valence-electron chi connectivity index (χ0n) is 9.90. The van der Waals surface area contributed by atoms with Crippen LogP contribution in [-0.4, -0.2) is 36.6 Å². The minimum absolute atomic E-state index is 0.276. The van der Waals surface area contributed by atoms with Gasteiger partial charge in [0.15, 0.2) is 11.5 Å². The summed E-state index contributed by atoms with van der Waals surface area (Å²) >= 11 is 1.60. The van der Waals surface area contributed by atoms with Crippen LogP contribution in [0.3, 0.4) is 0 Å². The Labute approximate surface area is 105 Å². The summed E-state index contributed by atoms with van der Waals surface area (Å²) in [6.45, 7) is 1.14. The monoisotopic (exact) mass is 253 g/mol. The second-order valence-electron chi connectivity index (χ2n) is 4.32. The summed E-state index contributed by atoms with van der Waals surface area (Å²) < 4.78 is 10.9. The average molecular weight is 253 g/mol. The zero-order valence-corrected chi connectivity index (χ0v) is 10.7. The Morgan fingerprint density at radius 2 is 2.29 bits per heavy atom. The van der Waals surface area contributed by atoms with E-state index in [1.165, 1.54) is 5.56 Å². The quantitative estimate of drug-likeness (QED) is 0.770. The van der Waals surface area contributed by atoms with E-state index in [0.717, 1.165) is 34.9 Å². The Bertz CT molecular complexity index is 464. The number of likely N-dealkylation sites (N-methyl/N-ethyl adjacent to an activating group) is 1. The Hall–Kier alpha value is -0.910. The van der Waals surface area contributed by atoms with E-state index in [0.29, 0.717) is 0 Å². The predicted molar refractivity (Wildman–Crippen MR) is 65.6 cm³/mol. The highest BCUT2D eigenvalue weighted by molar-refractivity contribution is 7.98. The van der Waals surface area contributed by atoms with Gasteiger partial charge in [0.2, 0.25) is 6.79 Å². The molecule has 2 aliphatic heterocycles. The first-order valence-electron chi connectivity index (χ1n) is 5.60. The van der Waals surface area contributed by atoms with Crippen molar-refractivity contribution in [3.63, 3.8) is 0 Å². The number of aliphatic hydroxyl groups excluding tert-OH is 1. The molecule has 4 nitrogen and oxygen atoms in total. The Kier molecular flexibility index (Phi) is 2.69. The molecule has 17 heavy (non-hydrogen) atoms. The first kappa shape index (κ1) is 11.2. The SMILES string of the molecule is CSc1c2c(cc3c1[C@@H](O)N(C)CC3)OCO2. The fourth-order valence-electron chi connectivity index (χ4n) is 2.41. The molecule has 0 saturated heterocycles. The second kappa shape index (κ2) is 4.08. The molecule has 1 atom stereocenters. The molecule has 2 aliphatic rings. The lowest BCUT2D eigenvalue weighted by Gasteiger charge is -2.32. The lowest BCUT2D eigenvalue weighted by molar-refractivity contribution is 0.0102. The fourth-order valence-corrected chi connectivity index (χ4v) is 3.21. The van der Waals surface area contributed by atoms with E-state index >= 15 is 0 Å². The van der Waals surface area contributed by atoms with E-state index in [1.54, 1.807) is 11.8 Å². The molecule has 0 aromatic heterocycles. The van der Waals surface area contributed by atoms with E-state index in [1.807, 2.05) is 24.3 Å². The molecule has 0 bridgehead atoms. The standard InChI is InChI=1S/C12H15NO3S/c1-13-4-3-7-5-8-10(16-6-15-8)11(17-2)9(7)12(13)14/h5,12,14H,3-4,6H2,1-2H3/t12-/m1/s1. The van der Waals surface area contributed by atoms with Crippen LogP contribution < -0.4 is 9.47 Å². The van der Waals surface area contributed by atoms with Crippen LogP contribution in [0.4, 0.5) is 0 Å². The molecule has 0 fully saturated rings. The van der Waals surface area contributed by atoms with Crippen molar-refractivity contribution < 1.29 is 14.6 Å². The second-order valence-corrected chi connectivity index (χ2v) is 5.14. The van der Waals surface area contributed by atoms with Gasteiger partial charge in [0, 0.05) is 12.1 Å². The van der Waals surface area contributed by atoms with Crippen molar-refractivity contribution in [3.05, 3.63) is 17.2 Å². The highest BCUT2D eigenvalue weighted by Gasteiger charge is 2.31. The van der Waals surface area contributed by atoms with Crippen LogP contribution in [0.25, 0.3) is 0 Å². The molecule has 1 N–H and O–H groups in total. The molecular weight excluding hydrogens is 238 g/mol. The Balaban J connectivity index is 2.20. The van der Waals surface area contributed by atoms with E-state index in [9.17, 15) is 5.11 Å². The lowest BCUT2D eigenvalue weighted by atomic mass is 9.97. The van der Waals surface area contributed by atoms with Crippen molar-refractivity contribution in [2.24, 2.45) is 0 Å². The summed E-state index contributed by atoms with van der Waals surface area (Å²) in [7, 11) is 1.93. The van der Waals surface area contributed by atoms with Gasteiger partial charge < -0.3 is 14.6 Å². The van der Waals surface area contributed by atoms with Gasteiger partial charge in [-0.2, -0.15) is 0 Å².